The van der Waals surface area contributed by atoms with Crippen molar-refractivity contribution in [2.45, 2.75) is 6.04 Å². The molecule has 1 unspecified atom stereocenters. The van der Waals surface area contributed by atoms with Crippen LogP contribution in [0, 0.1) is 0 Å². The topological polar surface area (TPSA) is 92.0 Å². The van der Waals surface area contributed by atoms with Crippen LogP contribution in [0.2, 0.25) is 0 Å². The molecule has 0 saturated carbocycles. The highest BCUT2D eigenvalue weighted by Crippen LogP contribution is 2.16. The first-order chi connectivity index (χ1) is 7.68. The summed E-state index contributed by atoms with van der Waals surface area (Å²) in [5.74, 6) is -0.595. The fourth-order valence-electron chi connectivity index (χ4n) is 1.42. The average Bonchev–Trinajstić information content (AvgIpc) is 2.78. The molecule has 0 bridgehead atoms. The summed E-state index contributed by atoms with van der Waals surface area (Å²) in [6.07, 6.45) is 1.26. The highest BCUT2D eigenvalue weighted by Gasteiger charge is 2.14. The van der Waals surface area contributed by atoms with Crippen molar-refractivity contribution in [1.29, 1.82) is 0 Å². The molecule has 4 N–H and O–H groups in total. The van der Waals surface area contributed by atoms with Crippen molar-refractivity contribution in [2.24, 2.45) is 5.73 Å². The third kappa shape index (κ3) is 1.94. The number of carbonyl (C=O) groups is 1. The van der Waals surface area contributed by atoms with Crippen molar-refractivity contribution in [3.8, 4) is 0 Å². The standard InChI is InChI=1S/C11H11N3O2/c12-9(7-4-2-1-3-5-7)10-13-6-8(14-10)11(15)16/h1-6,9H,12H2,(H,13,14)(H,15,16). The van der Waals surface area contributed by atoms with Crippen LogP contribution in [0.4, 0.5) is 0 Å². The normalized spacial score (nSPS) is 12.3. The molecule has 0 saturated heterocycles. The molecule has 16 heavy (non-hydrogen) atoms. The lowest BCUT2D eigenvalue weighted by Crippen LogP contribution is -2.13. The van der Waals surface area contributed by atoms with E-state index < -0.39 is 12.0 Å². The SMILES string of the molecule is NC(c1ccccc1)c1ncc(C(=O)O)[nH]1. The van der Waals surface area contributed by atoms with Gasteiger partial charge in [0, 0.05) is 0 Å². The quantitative estimate of drug-likeness (QED) is 0.719. The van der Waals surface area contributed by atoms with E-state index in [9.17, 15) is 4.79 Å². The second-order valence-corrected chi connectivity index (χ2v) is 3.38. The van der Waals surface area contributed by atoms with E-state index in [1.54, 1.807) is 0 Å². The number of aromatic carboxylic acids is 1. The molecule has 82 valence electrons. The van der Waals surface area contributed by atoms with E-state index >= 15 is 0 Å². The minimum absolute atomic E-state index is 0.0429. The number of aromatic nitrogens is 2. The van der Waals surface area contributed by atoms with Gasteiger partial charge in [-0.25, -0.2) is 9.78 Å². The second-order valence-electron chi connectivity index (χ2n) is 3.38. The van der Waals surface area contributed by atoms with Gasteiger partial charge in [-0.15, -0.1) is 0 Å². The molecule has 5 nitrogen and oxygen atoms in total. The Morgan fingerprint density at radius 1 is 1.38 bits per heavy atom. The monoisotopic (exact) mass is 217 g/mol. The first kappa shape index (κ1) is 10.4. The zero-order chi connectivity index (χ0) is 11.5. The van der Waals surface area contributed by atoms with Crippen LogP contribution in [0.3, 0.4) is 0 Å². The average molecular weight is 217 g/mol. The molecule has 0 spiro atoms. The van der Waals surface area contributed by atoms with Crippen molar-refractivity contribution in [3.63, 3.8) is 0 Å². The van der Waals surface area contributed by atoms with E-state index in [1.165, 1.54) is 6.20 Å². The summed E-state index contributed by atoms with van der Waals surface area (Å²) < 4.78 is 0. The van der Waals surface area contributed by atoms with Crippen LogP contribution >= 0.6 is 0 Å². The molecule has 2 aromatic rings. The Morgan fingerprint density at radius 3 is 2.62 bits per heavy atom. The number of H-pyrrole nitrogens is 1. The Kier molecular flexibility index (Phi) is 2.70. The Balaban J connectivity index is 2.27. The van der Waals surface area contributed by atoms with Crippen molar-refractivity contribution in [1.82, 2.24) is 9.97 Å². The number of carboxylic acids is 1. The molecule has 0 fully saturated rings. The molecule has 0 radical (unpaired) electrons. The first-order valence-corrected chi connectivity index (χ1v) is 4.77. The number of hydrogen-bond donors (Lipinski definition) is 3. The van der Waals surface area contributed by atoms with Gasteiger partial charge in [0.25, 0.3) is 0 Å². The van der Waals surface area contributed by atoms with E-state index in [0.29, 0.717) is 5.82 Å². The minimum Gasteiger partial charge on any atom is -0.477 e. The van der Waals surface area contributed by atoms with Gasteiger partial charge in [-0.2, -0.15) is 0 Å². The first-order valence-electron chi connectivity index (χ1n) is 4.77. The van der Waals surface area contributed by atoms with Crippen LogP contribution in [0.15, 0.2) is 36.5 Å². The fraction of sp³-hybridized carbons (Fsp3) is 0.0909. The van der Waals surface area contributed by atoms with E-state index in [-0.39, 0.29) is 5.69 Å². The maximum atomic E-state index is 10.7. The summed E-state index contributed by atoms with van der Waals surface area (Å²) in [5, 5.41) is 8.74. The third-order valence-corrected chi connectivity index (χ3v) is 2.28. The van der Waals surface area contributed by atoms with Crippen molar-refractivity contribution in [2.75, 3.05) is 0 Å². The predicted octanol–water partition coefficient (Wildman–Crippen LogP) is 1.16. The smallest absolute Gasteiger partial charge is 0.353 e. The number of hydrogen-bond acceptors (Lipinski definition) is 3. The lowest BCUT2D eigenvalue weighted by Gasteiger charge is -2.08. The summed E-state index contributed by atoms with van der Waals surface area (Å²) in [4.78, 5) is 17.3. The summed E-state index contributed by atoms with van der Waals surface area (Å²) in [6.45, 7) is 0. The van der Waals surface area contributed by atoms with Crippen molar-refractivity contribution in [3.05, 3.63) is 53.6 Å². The fourth-order valence-corrected chi connectivity index (χ4v) is 1.42. The van der Waals surface area contributed by atoms with Gasteiger partial charge in [-0.1, -0.05) is 30.3 Å². The van der Waals surface area contributed by atoms with Gasteiger partial charge >= 0.3 is 5.97 Å². The van der Waals surface area contributed by atoms with Crippen LogP contribution in [0.1, 0.15) is 27.9 Å². The Labute approximate surface area is 91.9 Å². The maximum Gasteiger partial charge on any atom is 0.353 e. The molecule has 5 heteroatoms. The Morgan fingerprint density at radius 2 is 2.06 bits per heavy atom. The Bertz CT molecular complexity index is 493. The van der Waals surface area contributed by atoms with E-state index in [0.717, 1.165) is 5.56 Å². The molecular weight excluding hydrogens is 206 g/mol. The maximum absolute atomic E-state index is 10.7. The summed E-state index contributed by atoms with van der Waals surface area (Å²) >= 11 is 0. The Hall–Kier alpha value is -2.14. The molecule has 2 rings (SSSR count). The van der Waals surface area contributed by atoms with Gasteiger partial charge in [0.2, 0.25) is 0 Å². The zero-order valence-electron chi connectivity index (χ0n) is 8.42. The number of nitrogens with two attached hydrogens (primary N) is 1. The van der Waals surface area contributed by atoms with Crippen LogP contribution in [-0.2, 0) is 0 Å². The number of nitrogens with one attached hydrogen (secondary N) is 1. The van der Waals surface area contributed by atoms with Crippen LogP contribution in [0.25, 0.3) is 0 Å². The van der Waals surface area contributed by atoms with Crippen molar-refractivity contribution >= 4 is 5.97 Å². The highest BCUT2D eigenvalue weighted by molar-refractivity contribution is 5.85. The number of nitrogens with zero attached hydrogens (tertiary/aromatic N) is 1. The van der Waals surface area contributed by atoms with E-state index in [1.807, 2.05) is 30.3 Å². The molecular formula is C11H11N3O2. The summed E-state index contributed by atoms with van der Waals surface area (Å²) in [7, 11) is 0. The molecule has 1 aromatic heterocycles. The lowest BCUT2D eigenvalue weighted by molar-refractivity contribution is 0.0691. The molecule has 0 aliphatic heterocycles. The van der Waals surface area contributed by atoms with E-state index in [2.05, 4.69) is 9.97 Å². The lowest BCUT2D eigenvalue weighted by atomic mass is 10.1. The number of rotatable bonds is 3. The second kappa shape index (κ2) is 4.16. The van der Waals surface area contributed by atoms with Gasteiger partial charge in [0.15, 0.2) is 0 Å². The molecule has 1 aromatic carbocycles. The molecule has 0 aliphatic carbocycles. The van der Waals surface area contributed by atoms with Crippen LogP contribution in [-0.4, -0.2) is 21.0 Å². The van der Waals surface area contributed by atoms with Gasteiger partial charge in [0.05, 0.1) is 12.2 Å². The van der Waals surface area contributed by atoms with Gasteiger partial charge in [-0.3, -0.25) is 0 Å². The van der Waals surface area contributed by atoms with Gasteiger partial charge in [0.1, 0.15) is 11.5 Å². The number of imidazole rings is 1. The molecule has 0 amide bonds. The van der Waals surface area contributed by atoms with E-state index in [4.69, 9.17) is 10.8 Å². The predicted molar refractivity (Wildman–Crippen MR) is 58.0 cm³/mol. The summed E-state index contributed by atoms with van der Waals surface area (Å²) in [6, 6.07) is 8.93. The largest absolute Gasteiger partial charge is 0.477 e. The van der Waals surface area contributed by atoms with Crippen molar-refractivity contribution < 1.29 is 9.90 Å². The number of aromatic amines is 1. The molecule has 0 aliphatic rings. The van der Waals surface area contributed by atoms with Gasteiger partial charge < -0.3 is 15.8 Å². The van der Waals surface area contributed by atoms with Crippen LogP contribution < -0.4 is 5.73 Å². The molecule has 1 atom stereocenters. The minimum atomic E-state index is -1.04. The summed E-state index contributed by atoms with van der Waals surface area (Å²) in [5.41, 5.74) is 6.87. The third-order valence-electron chi connectivity index (χ3n) is 2.28. The van der Waals surface area contributed by atoms with Gasteiger partial charge in [-0.05, 0) is 5.56 Å². The van der Waals surface area contributed by atoms with Crippen LogP contribution in [0.5, 0.6) is 0 Å². The number of carboxylic acid groups (broad SMARTS) is 1. The zero-order valence-corrected chi connectivity index (χ0v) is 8.42. The highest BCUT2D eigenvalue weighted by atomic mass is 16.4. The number of benzene rings is 1. The molecule has 1 heterocycles.